The number of carbonyl (C=O) groups is 2. The number of nitrogens with zero attached hydrogens (tertiary/aromatic N) is 1. The molecule has 29 heavy (non-hydrogen) atoms. The van der Waals surface area contributed by atoms with E-state index in [0.717, 1.165) is 11.3 Å². The molecule has 2 bridgehead atoms. The molecular formula is C21H23N3O5. The molecule has 8 heteroatoms. The van der Waals surface area contributed by atoms with E-state index < -0.39 is 29.9 Å². The van der Waals surface area contributed by atoms with Crippen LogP contribution in [0.2, 0.25) is 0 Å². The molecule has 152 valence electrons. The molecule has 2 aromatic rings. The zero-order valence-electron chi connectivity index (χ0n) is 16.0. The van der Waals surface area contributed by atoms with Crippen LogP contribution in [0, 0.1) is 0 Å². The molecule has 1 amide bonds. The van der Waals surface area contributed by atoms with Gasteiger partial charge in [0.05, 0.1) is 13.7 Å². The molecule has 2 aliphatic heterocycles. The highest BCUT2D eigenvalue weighted by Crippen LogP contribution is 2.43. The number of esters is 1. The second-order valence-electron chi connectivity index (χ2n) is 7.08. The number of fused-ring (bicyclic) bond motifs is 2. The predicted molar refractivity (Wildman–Crippen MR) is 106 cm³/mol. The Hall–Kier alpha value is -3.10. The van der Waals surface area contributed by atoms with Crippen molar-refractivity contribution < 1.29 is 23.8 Å². The molecule has 8 nitrogen and oxygen atoms in total. The number of rotatable bonds is 5. The molecule has 0 saturated carbocycles. The van der Waals surface area contributed by atoms with Crippen LogP contribution in [-0.2, 0) is 29.6 Å². The highest BCUT2D eigenvalue weighted by atomic mass is 16.8. The normalized spacial score (nSPS) is 25.5. The Morgan fingerprint density at radius 2 is 1.90 bits per heavy atom. The van der Waals surface area contributed by atoms with Crippen molar-refractivity contribution >= 4 is 23.3 Å². The molecule has 0 radical (unpaired) electrons. The molecule has 0 unspecified atom stereocenters. The fourth-order valence-electron chi connectivity index (χ4n) is 3.71. The maximum absolute atomic E-state index is 12.7. The Morgan fingerprint density at radius 3 is 2.59 bits per heavy atom. The third-order valence-corrected chi connectivity index (χ3v) is 5.16. The molecule has 0 aromatic heterocycles. The number of para-hydroxylation sites is 1. The number of carbonyl (C=O) groups excluding carboxylic acids is 2. The Balaban J connectivity index is 1.62. The van der Waals surface area contributed by atoms with Crippen LogP contribution in [0.25, 0.3) is 0 Å². The quantitative estimate of drug-likeness (QED) is 0.573. The Bertz CT molecular complexity index is 889. The van der Waals surface area contributed by atoms with Crippen molar-refractivity contribution in [2.75, 3.05) is 37.4 Å². The van der Waals surface area contributed by atoms with Gasteiger partial charge < -0.3 is 30.2 Å². The maximum atomic E-state index is 12.7. The fourth-order valence-corrected chi connectivity index (χ4v) is 3.71. The van der Waals surface area contributed by atoms with E-state index in [9.17, 15) is 9.59 Å². The van der Waals surface area contributed by atoms with Gasteiger partial charge in [-0.15, -0.1) is 0 Å². The van der Waals surface area contributed by atoms with Crippen molar-refractivity contribution in [3.05, 3.63) is 60.2 Å². The summed E-state index contributed by atoms with van der Waals surface area (Å²) in [4.78, 5) is 26.2. The predicted octanol–water partition coefficient (Wildman–Crippen LogP) is 1.02. The minimum Gasteiger partial charge on any atom is -0.468 e. The van der Waals surface area contributed by atoms with Gasteiger partial charge in [-0.1, -0.05) is 30.3 Å². The summed E-state index contributed by atoms with van der Waals surface area (Å²) in [5.41, 5.74) is 8.25. The van der Waals surface area contributed by atoms with Gasteiger partial charge in [0.25, 0.3) is 5.91 Å². The largest absolute Gasteiger partial charge is 0.468 e. The van der Waals surface area contributed by atoms with E-state index in [1.165, 1.54) is 7.11 Å². The van der Waals surface area contributed by atoms with Gasteiger partial charge in [-0.05, 0) is 24.3 Å². The number of methoxy groups -OCH3 is 1. The van der Waals surface area contributed by atoms with Gasteiger partial charge in [0.15, 0.2) is 6.10 Å². The summed E-state index contributed by atoms with van der Waals surface area (Å²) < 4.78 is 17.0. The number of nitrogens with one attached hydrogen (secondary N) is 1. The molecule has 2 saturated heterocycles. The van der Waals surface area contributed by atoms with Crippen molar-refractivity contribution in [2.45, 2.75) is 18.0 Å². The van der Waals surface area contributed by atoms with Crippen molar-refractivity contribution in [3.63, 3.8) is 0 Å². The van der Waals surface area contributed by atoms with Gasteiger partial charge in [0, 0.05) is 23.5 Å². The van der Waals surface area contributed by atoms with E-state index in [0.29, 0.717) is 18.8 Å². The summed E-state index contributed by atoms with van der Waals surface area (Å²) >= 11 is 0. The molecule has 3 N–H and O–H groups in total. The number of morpholine rings is 1. The van der Waals surface area contributed by atoms with Crippen LogP contribution < -0.4 is 16.0 Å². The van der Waals surface area contributed by atoms with Crippen LogP contribution in [0.4, 0.5) is 11.4 Å². The molecule has 2 aliphatic rings. The van der Waals surface area contributed by atoms with Gasteiger partial charge in [0.1, 0.15) is 12.6 Å². The average molecular weight is 397 g/mol. The summed E-state index contributed by atoms with van der Waals surface area (Å²) in [6, 6.07) is 17.1. The minimum absolute atomic E-state index is 0.223. The molecular weight excluding hydrogens is 374 g/mol. The standard InChI is InChI=1S/C21H23N3O5/c1-27-18(25)11-23-20(26)19-17-12-24(16-5-3-2-4-6-16)13-21(28-17,29-19)14-7-9-15(22)10-8-14/h2-10,17,19H,11-13,22H2,1H3,(H,23,26)/t17-,19+,21+/m1/s1. The van der Waals surface area contributed by atoms with Crippen LogP contribution in [0.15, 0.2) is 54.6 Å². The van der Waals surface area contributed by atoms with Gasteiger partial charge in [-0.2, -0.15) is 0 Å². The number of ether oxygens (including phenoxy) is 3. The first kappa shape index (κ1) is 19.2. The Kier molecular flexibility index (Phi) is 5.12. The summed E-state index contributed by atoms with van der Waals surface area (Å²) in [7, 11) is 1.27. The topological polar surface area (TPSA) is 103 Å². The highest BCUT2D eigenvalue weighted by molar-refractivity contribution is 5.86. The monoisotopic (exact) mass is 397 g/mol. The lowest BCUT2D eigenvalue weighted by atomic mass is 10.0. The number of anilines is 2. The molecule has 0 spiro atoms. The molecule has 2 heterocycles. The minimum atomic E-state index is -1.11. The number of hydrogen-bond acceptors (Lipinski definition) is 7. The highest BCUT2D eigenvalue weighted by Gasteiger charge is 2.56. The van der Waals surface area contributed by atoms with Crippen LogP contribution in [0.1, 0.15) is 5.56 Å². The summed E-state index contributed by atoms with van der Waals surface area (Å²) in [5, 5.41) is 2.56. The summed E-state index contributed by atoms with van der Waals surface area (Å²) in [6.45, 7) is 0.675. The molecule has 4 rings (SSSR count). The number of nitrogens with two attached hydrogens (primary N) is 1. The van der Waals surface area contributed by atoms with Crippen molar-refractivity contribution in [1.29, 1.82) is 0 Å². The lowest BCUT2D eigenvalue weighted by molar-refractivity contribution is -0.187. The van der Waals surface area contributed by atoms with Crippen molar-refractivity contribution in [2.24, 2.45) is 0 Å². The SMILES string of the molecule is COC(=O)CNC(=O)[C@H]1O[C@]2(c3ccc(N)cc3)CN(c3ccccc3)C[C@H]1O2. The average Bonchev–Trinajstić information content (AvgIpc) is 3.03. The number of benzene rings is 2. The van der Waals surface area contributed by atoms with Crippen LogP contribution in [0.5, 0.6) is 0 Å². The van der Waals surface area contributed by atoms with Gasteiger partial charge in [0.2, 0.25) is 5.79 Å². The second kappa shape index (κ2) is 7.73. The van der Waals surface area contributed by atoms with Crippen molar-refractivity contribution in [1.82, 2.24) is 5.32 Å². The summed E-state index contributed by atoms with van der Waals surface area (Å²) in [5.74, 6) is -2.05. The van der Waals surface area contributed by atoms with Crippen LogP contribution in [0.3, 0.4) is 0 Å². The Morgan fingerprint density at radius 1 is 1.17 bits per heavy atom. The lowest BCUT2D eigenvalue weighted by Gasteiger charge is -2.40. The molecule has 2 fully saturated rings. The maximum Gasteiger partial charge on any atom is 0.325 e. The third kappa shape index (κ3) is 3.76. The first-order valence-electron chi connectivity index (χ1n) is 9.37. The van der Waals surface area contributed by atoms with E-state index in [2.05, 4.69) is 15.0 Å². The first-order valence-corrected chi connectivity index (χ1v) is 9.37. The molecule has 0 aliphatic carbocycles. The van der Waals surface area contributed by atoms with Gasteiger partial charge >= 0.3 is 5.97 Å². The number of amides is 1. The zero-order chi connectivity index (χ0) is 20.4. The van der Waals surface area contributed by atoms with Crippen LogP contribution in [-0.4, -0.2) is 50.8 Å². The zero-order valence-corrected chi connectivity index (χ0v) is 16.0. The van der Waals surface area contributed by atoms with Gasteiger partial charge in [-0.3, -0.25) is 9.59 Å². The van der Waals surface area contributed by atoms with E-state index in [1.807, 2.05) is 42.5 Å². The fraction of sp³-hybridized carbons (Fsp3) is 0.333. The molecule has 3 atom stereocenters. The van der Waals surface area contributed by atoms with Crippen molar-refractivity contribution in [3.8, 4) is 0 Å². The Labute approximate surface area is 168 Å². The smallest absolute Gasteiger partial charge is 0.325 e. The third-order valence-electron chi connectivity index (χ3n) is 5.16. The van der Waals surface area contributed by atoms with Gasteiger partial charge in [-0.25, -0.2) is 0 Å². The second-order valence-corrected chi connectivity index (χ2v) is 7.08. The number of hydrogen-bond donors (Lipinski definition) is 2. The van der Waals surface area contributed by atoms with E-state index >= 15 is 0 Å². The van der Waals surface area contributed by atoms with E-state index in [-0.39, 0.29) is 6.54 Å². The molecule has 2 aromatic carbocycles. The lowest BCUT2D eigenvalue weighted by Crippen LogP contribution is -2.50. The number of nitrogen functional groups attached to an aromatic ring is 1. The van der Waals surface area contributed by atoms with E-state index in [4.69, 9.17) is 15.2 Å². The van der Waals surface area contributed by atoms with Crippen LogP contribution >= 0.6 is 0 Å². The van der Waals surface area contributed by atoms with E-state index in [1.54, 1.807) is 12.1 Å². The first-order chi connectivity index (χ1) is 14.0. The summed E-state index contributed by atoms with van der Waals surface area (Å²) in [6.07, 6.45) is -1.36.